The molecule has 1 atom stereocenters. The van der Waals surface area contributed by atoms with Crippen molar-refractivity contribution in [2.24, 2.45) is 16.5 Å². The minimum absolute atomic E-state index is 0.0356. The fourth-order valence-electron chi connectivity index (χ4n) is 5.19. The minimum atomic E-state index is -0.636. The lowest BCUT2D eigenvalue weighted by Gasteiger charge is -2.17. The van der Waals surface area contributed by atoms with Crippen molar-refractivity contribution in [1.29, 1.82) is 0 Å². The Labute approximate surface area is 253 Å². The standard InChI is InChI=1S/C34H68N4O3/c1-3-5-7-9-10-11-12-13-14-15-16-17-18-19-20-21-22-23-24-28-32(39)38-31(27-26-29-37-34(35)36)33(40)41-30-25-8-6-4-2/h31H,3-30H2,1-2H3,(H,38,39)(H4,35,36,37)/t31-/m0/s1. The van der Waals surface area contributed by atoms with E-state index in [1.807, 2.05) is 0 Å². The summed E-state index contributed by atoms with van der Waals surface area (Å²) in [6, 6.07) is -0.636. The van der Waals surface area contributed by atoms with Crippen LogP contribution in [0.4, 0.5) is 0 Å². The number of nitrogens with one attached hydrogen (secondary N) is 1. The first kappa shape index (κ1) is 39.2. The summed E-state index contributed by atoms with van der Waals surface area (Å²) >= 11 is 0. The lowest BCUT2D eigenvalue weighted by atomic mass is 10.0. The fraction of sp³-hybridized carbons (Fsp3) is 0.912. The molecule has 0 rings (SSSR count). The van der Waals surface area contributed by atoms with Crippen LogP contribution in [0.5, 0.6) is 0 Å². The maximum atomic E-state index is 12.6. The van der Waals surface area contributed by atoms with Gasteiger partial charge in [0.2, 0.25) is 5.91 Å². The highest BCUT2D eigenvalue weighted by Crippen LogP contribution is 2.15. The second kappa shape index (κ2) is 31.2. The smallest absolute Gasteiger partial charge is 0.328 e. The van der Waals surface area contributed by atoms with Crippen molar-refractivity contribution in [2.45, 2.75) is 187 Å². The normalized spacial score (nSPS) is 11.8. The van der Waals surface area contributed by atoms with Gasteiger partial charge in [-0.05, 0) is 25.7 Å². The average Bonchev–Trinajstić information content (AvgIpc) is 2.95. The van der Waals surface area contributed by atoms with Crippen LogP contribution in [-0.4, -0.2) is 37.0 Å². The number of nitrogens with two attached hydrogens (primary N) is 2. The van der Waals surface area contributed by atoms with E-state index in [-0.39, 0.29) is 17.8 Å². The Hall–Kier alpha value is -1.79. The molecule has 0 aliphatic carbocycles. The van der Waals surface area contributed by atoms with E-state index in [9.17, 15) is 9.59 Å². The highest BCUT2D eigenvalue weighted by molar-refractivity contribution is 5.84. The van der Waals surface area contributed by atoms with Crippen molar-refractivity contribution < 1.29 is 14.3 Å². The molecule has 0 saturated carbocycles. The van der Waals surface area contributed by atoms with E-state index in [0.29, 0.717) is 32.4 Å². The number of unbranched alkanes of at least 4 members (excludes halogenated alkanes) is 21. The van der Waals surface area contributed by atoms with Crippen LogP contribution in [0.15, 0.2) is 4.99 Å². The third-order valence-corrected chi connectivity index (χ3v) is 7.81. The number of guanidine groups is 1. The maximum absolute atomic E-state index is 12.6. The second-order valence-electron chi connectivity index (χ2n) is 11.9. The summed E-state index contributed by atoms with van der Waals surface area (Å²) in [7, 11) is 0. The van der Waals surface area contributed by atoms with Crippen molar-refractivity contribution >= 4 is 17.8 Å². The first-order chi connectivity index (χ1) is 20.0. The number of rotatable bonds is 31. The number of nitrogens with zero attached hydrogens (tertiary/aromatic N) is 1. The molecule has 7 nitrogen and oxygen atoms in total. The van der Waals surface area contributed by atoms with Crippen LogP contribution >= 0.6 is 0 Å². The second-order valence-corrected chi connectivity index (χ2v) is 11.9. The molecule has 0 aliphatic rings. The largest absolute Gasteiger partial charge is 0.464 e. The molecule has 0 spiro atoms. The molecule has 0 aromatic heterocycles. The SMILES string of the molecule is CCCCCCCCCCCCCCCCCCCCCC(=O)N[C@@H](CCCN=C(N)N)C(=O)OCCCCCC. The molecule has 1 amide bonds. The number of amides is 1. The van der Waals surface area contributed by atoms with Crippen molar-refractivity contribution in [3.63, 3.8) is 0 Å². The van der Waals surface area contributed by atoms with Crippen LogP contribution in [0.25, 0.3) is 0 Å². The maximum Gasteiger partial charge on any atom is 0.328 e. The van der Waals surface area contributed by atoms with Crippen molar-refractivity contribution in [1.82, 2.24) is 5.32 Å². The van der Waals surface area contributed by atoms with E-state index in [4.69, 9.17) is 16.2 Å². The first-order valence-corrected chi connectivity index (χ1v) is 17.5. The van der Waals surface area contributed by atoms with Gasteiger partial charge in [0.05, 0.1) is 6.61 Å². The van der Waals surface area contributed by atoms with Gasteiger partial charge in [0.15, 0.2) is 5.96 Å². The lowest BCUT2D eigenvalue weighted by Crippen LogP contribution is -2.42. The molecule has 0 unspecified atom stereocenters. The van der Waals surface area contributed by atoms with Gasteiger partial charge in [-0.2, -0.15) is 0 Å². The number of carbonyl (C=O) groups is 2. The molecule has 41 heavy (non-hydrogen) atoms. The van der Waals surface area contributed by atoms with Gasteiger partial charge in [0.25, 0.3) is 0 Å². The predicted molar refractivity (Wildman–Crippen MR) is 175 cm³/mol. The van der Waals surface area contributed by atoms with Crippen molar-refractivity contribution in [2.75, 3.05) is 13.2 Å². The molecule has 242 valence electrons. The first-order valence-electron chi connectivity index (χ1n) is 17.5. The Morgan fingerprint density at radius 1 is 0.610 bits per heavy atom. The van der Waals surface area contributed by atoms with E-state index in [2.05, 4.69) is 24.2 Å². The number of esters is 1. The van der Waals surface area contributed by atoms with Gasteiger partial charge < -0.3 is 21.5 Å². The van der Waals surface area contributed by atoms with Gasteiger partial charge in [-0.25, -0.2) is 4.79 Å². The molecule has 0 aromatic carbocycles. The number of aliphatic imine (C=N–C) groups is 1. The van der Waals surface area contributed by atoms with E-state index >= 15 is 0 Å². The number of ether oxygens (including phenoxy) is 1. The van der Waals surface area contributed by atoms with Crippen LogP contribution in [-0.2, 0) is 14.3 Å². The zero-order valence-electron chi connectivity index (χ0n) is 27.2. The Morgan fingerprint density at radius 3 is 1.46 bits per heavy atom. The third kappa shape index (κ3) is 29.5. The molecule has 0 bridgehead atoms. The Kier molecular flexibility index (Phi) is 29.8. The monoisotopic (exact) mass is 581 g/mol. The summed E-state index contributed by atoms with van der Waals surface area (Å²) in [5.74, 6) is -0.395. The number of hydrogen-bond donors (Lipinski definition) is 3. The van der Waals surface area contributed by atoms with Gasteiger partial charge in [-0.15, -0.1) is 0 Å². The molecule has 0 saturated heterocycles. The van der Waals surface area contributed by atoms with Crippen molar-refractivity contribution in [3.8, 4) is 0 Å². The molecular formula is C34H68N4O3. The molecule has 5 N–H and O–H groups in total. The van der Waals surface area contributed by atoms with Crippen LogP contribution in [0.1, 0.15) is 181 Å². The summed E-state index contributed by atoms with van der Waals surface area (Å²) in [5, 5.41) is 2.89. The van der Waals surface area contributed by atoms with Gasteiger partial charge in [0, 0.05) is 13.0 Å². The number of carbonyl (C=O) groups excluding carboxylic acids is 2. The van der Waals surface area contributed by atoms with Gasteiger partial charge in [0.1, 0.15) is 6.04 Å². The average molecular weight is 581 g/mol. The molecule has 0 heterocycles. The molecule has 0 fully saturated rings. The lowest BCUT2D eigenvalue weighted by molar-refractivity contribution is -0.148. The molecule has 0 radical (unpaired) electrons. The molecule has 0 aliphatic heterocycles. The van der Waals surface area contributed by atoms with Gasteiger partial charge in [-0.3, -0.25) is 9.79 Å². The van der Waals surface area contributed by atoms with Crippen LogP contribution in [0, 0.1) is 0 Å². The van der Waals surface area contributed by atoms with Crippen LogP contribution < -0.4 is 16.8 Å². The zero-order valence-corrected chi connectivity index (χ0v) is 27.2. The molecular weight excluding hydrogens is 512 g/mol. The van der Waals surface area contributed by atoms with E-state index < -0.39 is 6.04 Å². The van der Waals surface area contributed by atoms with Crippen molar-refractivity contribution in [3.05, 3.63) is 0 Å². The molecule has 7 heteroatoms. The van der Waals surface area contributed by atoms with E-state index in [1.165, 1.54) is 109 Å². The van der Waals surface area contributed by atoms with E-state index in [1.54, 1.807) is 0 Å². The van der Waals surface area contributed by atoms with Crippen LogP contribution in [0.3, 0.4) is 0 Å². The third-order valence-electron chi connectivity index (χ3n) is 7.81. The number of hydrogen-bond acceptors (Lipinski definition) is 4. The minimum Gasteiger partial charge on any atom is -0.464 e. The Balaban J connectivity index is 3.80. The fourth-order valence-corrected chi connectivity index (χ4v) is 5.19. The van der Waals surface area contributed by atoms with E-state index in [0.717, 1.165) is 38.5 Å². The summed E-state index contributed by atoms with van der Waals surface area (Å²) in [5.41, 5.74) is 10.8. The highest BCUT2D eigenvalue weighted by Gasteiger charge is 2.21. The Morgan fingerprint density at radius 2 is 1.02 bits per heavy atom. The zero-order chi connectivity index (χ0) is 30.2. The summed E-state index contributed by atoms with van der Waals surface area (Å²) in [6.45, 7) is 5.26. The van der Waals surface area contributed by atoms with Gasteiger partial charge in [-0.1, -0.05) is 149 Å². The van der Waals surface area contributed by atoms with Crippen LogP contribution in [0.2, 0.25) is 0 Å². The highest BCUT2D eigenvalue weighted by atomic mass is 16.5. The molecule has 0 aromatic rings. The quantitative estimate of drug-likeness (QED) is 0.0329. The summed E-state index contributed by atoms with van der Waals surface area (Å²) in [6.07, 6.45) is 31.0. The predicted octanol–water partition coefficient (Wildman–Crippen LogP) is 8.47. The summed E-state index contributed by atoms with van der Waals surface area (Å²) in [4.78, 5) is 29.0. The summed E-state index contributed by atoms with van der Waals surface area (Å²) < 4.78 is 5.44. The van der Waals surface area contributed by atoms with Gasteiger partial charge >= 0.3 is 5.97 Å². The Bertz CT molecular complexity index is 623. The topological polar surface area (TPSA) is 120 Å².